The maximum absolute atomic E-state index is 13.3. The average molecular weight is 521 g/mol. The van der Waals surface area contributed by atoms with E-state index in [0.717, 1.165) is 0 Å². The standard InChI is InChI=1S/C23H25ClN4O6S/c1-4-34-19-8-6-5-7-17(19)26-23-27(14(2)13-33-3)22(30)20(35-23)12-21(29)25-18-11-15(28(31)32)9-10-16(18)24/h5-11,14,20H,4,12-13H2,1-3H3,(H,25,29)/t14-,20+/m1/s1. The molecule has 3 rings (SSSR count). The van der Waals surface area contributed by atoms with Crippen molar-refractivity contribution in [3.05, 3.63) is 57.6 Å². The zero-order chi connectivity index (χ0) is 25.5. The van der Waals surface area contributed by atoms with E-state index in [2.05, 4.69) is 10.3 Å². The van der Waals surface area contributed by atoms with E-state index in [1.54, 1.807) is 19.2 Å². The smallest absolute Gasteiger partial charge is 0.271 e. The Morgan fingerprint density at radius 2 is 2.09 bits per heavy atom. The van der Waals surface area contributed by atoms with E-state index in [0.29, 0.717) is 23.2 Å². The minimum absolute atomic E-state index is 0.102. The molecule has 1 heterocycles. The lowest BCUT2D eigenvalue weighted by atomic mass is 10.2. The van der Waals surface area contributed by atoms with Crippen molar-refractivity contribution in [3.63, 3.8) is 0 Å². The van der Waals surface area contributed by atoms with Crippen LogP contribution >= 0.6 is 23.4 Å². The Kier molecular flexibility index (Phi) is 9.07. The molecule has 2 aromatic rings. The molecule has 0 aliphatic carbocycles. The molecule has 1 saturated heterocycles. The summed E-state index contributed by atoms with van der Waals surface area (Å²) in [5.41, 5.74) is 0.455. The number of methoxy groups -OCH3 is 1. The van der Waals surface area contributed by atoms with E-state index >= 15 is 0 Å². The van der Waals surface area contributed by atoms with E-state index in [1.165, 1.54) is 34.9 Å². The van der Waals surface area contributed by atoms with E-state index in [1.807, 2.05) is 26.0 Å². The number of para-hydroxylation sites is 2. The molecule has 2 amide bonds. The van der Waals surface area contributed by atoms with Crippen LogP contribution in [-0.4, -0.2) is 58.4 Å². The van der Waals surface area contributed by atoms with Crippen molar-refractivity contribution in [2.75, 3.05) is 25.6 Å². The van der Waals surface area contributed by atoms with Crippen LogP contribution < -0.4 is 10.1 Å². The molecule has 1 fully saturated rings. The largest absolute Gasteiger partial charge is 0.492 e. The van der Waals surface area contributed by atoms with Crippen LogP contribution in [0.15, 0.2) is 47.5 Å². The summed E-state index contributed by atoms with van der Waals surface area (Å²) >= 11 is 7.25. The molecule has 35 heavy (non-hydrogen) atoms. The molecule has 0 saturated carbocycles. The van der Waals surface area contributed by atoms with Crippen LogP contribution in [0, 0.1) is 10.1 Å². The van der Waals surface area contributed by atoms with Crippen molar-refractivity contribution in [3.8, 4) is 5.75 Å². The topological polar surface area (TPSA) is 123 Å². The summed E-state index contributed by atoms with van der Waals surface area (Å²) in [4.78, 5) is 42.7. The van der Waals surface area contributed by atoms with Crippen LogP contribution in [0.2, 0.25) is 5.02 Å². The Hall–Kier alpha value is -3.15. The fourth-order valence-corrected chi connectivity index (χ4v) is 4.84. The van der Waals surface area contributed by atoms with Crippen molar-refractivity contribution in [2.24, 2.45) is 4.99 Å². The highest BCUT2D eigenvalue weighted by molar-refractivity contribution is 8.15. The van der Waals surface area contributed by atoms with Gasteiger partial charge in [-0.3, -0.25) is 24.6 Å². The lowest BCUT2D eigenvalue weighted by Gasteiger charge is -2.23. The summed E-state index contributed by atoms with van der Waals surface area (Å²) in [6.07, 6.45) is -0.176. The molecule has 186 valence electrons. The first-order chi connectivity index (χ1) is 16.7. The molecule has 0 radical (unpaired) electrons. The highest BCUT2D eigenvalue weighted by Gasteiger charge is 2.41. The second-order valence-electron chi connectivity index (χ2n) is 7.59. The number of ether oxygens (including phenoxy) is 2. The highest BCUT2D eigenvalue weighted by atomic mass is 35.5. The number of non-ortho nitro benzene ring substituents is 1. The predicted octanol–water partition coefficient (Wildman–Crippen LogP) is 4.64. The molecule has 1 N–H and O–H groups in total. The van der Waals surface area contributed by atoms with Crippen LogP contribution in [0.4, 0.5) is 17.1 Å². The van der Waals surface area contributed by atoms with Gasteiger partial charge in [0, 0.05) is 25.7 Å². The van der Waals surface area contributed by atoms with Gasteiger partial charge in [-0.05, 0) is 32.0 Å². The number of nitrogens with zero attached hydrogens (tertiary/aromatic N) is 3. The van der Waals surface area contributed by atoms with Crippen molar-refractivity contribution in [1.29, 1.82) is 0 Å². The summed E-state index contributed by atoms with van der Waals surface area (Å²) in [7, 11) is 1.54. The molecule has 2 atom stereocenters. The van der Waals surface area contributed by atoms with Gasteiger partial charge < -0.3 is 14.8 Å². The molecule has 0 aromatic heterocycles. The number of amidine groups is 1. The third-order valence-corrected chi connectivity index (χ3v) is 6.48. The van der Waals surface area contributed by atoms with Crippen LogP contribution in [0.3, 0.4) is 0 Å². The first-order valence-corrected chi connectivity index (χ1v) is 12.0. The quantitative estimate of drug-likeness (QED) is 0.357. The Labute approximate surface area is 211 Å². The van der Waals surface area contributed by atoms with E-state index in [9.17, 15) is 19.7 Å². The lowest BCUT2D eigenvalue weighted by Crippen LogP contribution is -2.42. The van der Waals surface area contributed by atoms with Gasteiger partial charge in [-0.2, -0.15) is 0 Å². The van der Waals surface area contributed by atoms with Crippen molar-refractivity contribution in [2.45, 2.75) is 31.6 Å². The number of benzene rings is 2. The number of hydrogen-bond acceptors (Lipinski definition) is 8. The minimum Gasteiger partial charge on any atom is -0.492 e. The SMILES string of the molecule is CCOc1ccccc1N=C1S[C@@H](CC(=O)Nc2cc([N+](=O)[O-])ccc2Cl)C(=O)N1[C@H](C)COC. The van der Waals surface area contributed by atoms with Gasteiger partial charge >= 0.3 is 0 Å². The van der Waals surface area contributed by atoms with Crippen molar-refractivity contribution >= 4 is 57.4 Å². The van der Waals surface area contributed by atoms with Gasteiger partial charge in [0.05, 0.1) is 34.9 Å². The van der Waals surface area contributed by atoms with Gasteiger partial charge in [0.2, 0.25) is 11.8 Å². The monoisotopic (exact) mass is 520 g/mol. The Morgan fingerprint density at radius 1 is 1.34 bits per heavy atom. The highest BCUT2D eigenvalue weighted by Crippen LogP contribution is 2.36. The molecule has 1 aliphatic heterocycles. The predicted molar refractivity (Wildman–Crippen MR) is 136 cm³/mol. The number of carbonyl (C=O) groups is 2. The maximum atomic E-state index is 13.3. The normalized spacial score (nSPS) is 17.5. The minimum atomic E-state index is -0.746. The van der Waals surface area contributed by atoms with Gasteiger partial charge in [0.1, 0.15) is 16.7 Å². The molecule has 0 bridgehead atoms. The first kappa shape index (κ1) is 26.5. The number of hydrogen-bond donors (Lipinski definition) is 1. The van der Waals surface area contributed by atoms with Crippen molar-refractivity contribution in [1.82, 2.24) is 4.90 Å². The molecule has 0 spiro atoms. The van der Waals surface area contributed by atoms with Gasteiger partial charge in [0.15, 0.2) is 5.17 Å². The number of thioether (sulfide) groups is 1. The molecule has 12 heteroatoms. The fraction of sp³-hybridized carbons (Fsp3) is 0.348. The summed E-state index contributed by atoms with van der Waals surface area (Å²) in [5.74, 6) is -0.211. The van der Waals surface area contributed by atoms with Crippen LogP contribution in [-0.2, 0) is 14.3 Å². The fourth-order valence-electron chi connectivity index (χ4n) is 3.44. The number of halogens is 1. The second-order valence-corrected chi connectivity index (χ2v) is 9.16. The summed E-state index contributed by atoms with van der Waals surface area (Å²) in [6.45, 7) is 4.44. The van der Waals surface area contributed by atoms with E-state index < -0.39 is 16.1 Å². The number of nitrogens with one attached hydrogen (secondary N) is 1. The lowest BCUT2D eigenvalue weighted by molar-refractivity contribution is -0.384. The number of nitro benzene ring substituents is 1. The Morgan fingerprint density at radius 3 is 2.77 bits per heavy atom. The Bertz CT molecular complexity index is 1140. The zero-order valence-electron chi connectivity index (χ0n) is 19.4. The maximum Gasteiger partial charge on any atom is 0.271 e. The average Bonchev–Trinajstić information content (AvgIpc) is 3.11. The number of rotatable bonds is 10. The number of aliphatic imine (C=N–C) groups is 1. The van der Waals surface area contributed by atoms with Crippen molar-refractivity contribution < 1.29 is 24.0 Å². The zero-order valence-corrected chi connectivity index (χ0v) is 21.0. The third-order valence-electron chi connectivity index (χ3n) is 5.00. The van der Waals surface area contributed by atoms with Crippen LogP contribution in [0.25, 0.3) is 0 Å². The van der Waals surface area contributed by atoms with Gasteiger partial charge in [0.25, 0.3) is 5.69 Å². The van der Waals surface area contributed by atoms with Gasteiger partial charge in [-0.15, -0.1) is 0 Å². The molecular weight excluding hydrogens is 496 g/mol. The molecule has 0 unspecified atom stereocenters. The summed E-state index contributed by atoms with van der Waals surface area (Å²) in [6, 6.07) is 10.7. The van der Waals surface area contributed by atoms with E-state index in [4.69, 9.17) is 21.1 Å². The Balaban J connectivity index is 1.84. The molecule has 10 nitrogen and oxygen atoms in total. The number of carbonyl (C=O) groups excluding carboxylic acids is 2. The van der Waals surface area contributed by atoms with Gasteiger partial charge in [-0.1, -0.05) is 35.5 Å². The number of anilines is 1. The summed E-state index contributed by atoms with van der Waals surface area (Å²) in [5, 5.41) is 13.4. The first-order valence-electron chi connectivity index (χ1n) is 10.8. The van der Waals surface area contributed by atoms with Crippen LogP contribution in [0.5, 0.6) is 5.75 Å². The number of amides is 2. The number of nitro groups is 1. The van der Waals surface area contributed by atoms with E-state index in [-0.39, 0.29) is 41.4 Å². The van der Waals surface area contributed by atoms with Gasteiger partial charge in [-0.25, -0.2) is 4.99 Å². The second kappa shape index (κ2) is 12.0. The molecule has 2 aromatic carbocycles. The third kappa shape index (κ3) is 6.50. The summed E-state index contributed by atoms with van der Waals surface area (Å²) < 4.78 is 10.9. The molecule has 1 aliphatic rings. The molecular formula is C23H25ClN4O6S. The van der Waals surface area contributed by atoms with Crippen LogP contribution in [0.1, 0.15) is 20.3 Å².